The molecule has 0 radical (unpaired) electrons. The van der Waals surface area contributed by atoms with E-state index in [4.69, 9.17) is 12.6 Å². The Kier molecular flexibility index (Phi) is 8.06. The van der Waals surface area contributed by atoms with Crippen LogP contribution in [0, 0.1) is 11.8 Å². The molecule has 3 aromatic heterocycles. The predicted molar refractivity (Wildman–Crippen MR) is 181 cm³/mol. The summed E-state index contributed by atoms with van der Waals surface area (Å²) in [7, 11) is -2.28. The van der Waals surface area contributed by atoms with Gasteiger partial charge in [0.25, 0.3) is 16.1 Å². The highest BCUT2D eigenvalue weighted by atomic mass is 32.2. The highest BCUT2D eigenvalue weighted by molar-refractivity contribution is 7.87. The molecule has 0 unspecified atom stereocenters. The average Bonchev–Trinajstić information content (AvgIpc) is 3.60. The summed E-state index contributed by atoms with van der Waals surface area (Å²) in [4.78, 5) is 23.2. The van der Waals surface area contributed by atoms with E-state index >= 15 is 0 Å². The smallest absolute Gasteiger partial charge is 0.294 e. The van der Waals surface area contributed by atoms with Crippen LogP contribution in [-0.2, 0) is 17.3 Å². The minimum atomic E-state index is -4.12. The number of aromatic nitrogens is 5. The zero-order valence-electron chi connectivity index (χ0n) is 25.5. The molecule has 1 aliphatic carbocycles. The van der Waals surface area contributed by atoms with Gasteiger partial charge in [-0.05, 0) is 55.7 Å². The van der Waals surface area contributed by atoms with Crippen molar-refractivity contribution >= 4 is 46.2 Å². The molecule has 12 nitrogen and oxygen atoms in total. The van der Waals surface area contributed by atoms with Crippen molar-refractivity contribution in [2.75, 3.05) is 4.90 Å². The second-order valence-corrected chi connectivity index (χ2v) is 13.3. The highest BCUT2D eigenvalue weighted by Gasteiger charge is 2.38. The van der Waals surface area contributed by atoms with Crippen molar-refractivity contribution in [2.45, 2.75) is 37.2 Å². The van der Waals surface area contributed by atoms with Gasteiger partial charge in [0.2, 0.25) is 0 Å². The Morgan fingerprint density at radius 1 is 1.06 bits per heavy atom. The molecule has 0 bridgehead atoms. The topological polar surface area (TPSA) is 130 Å². The second kappa shape index (κ2) is 12.3. The number of hydrogen-bond donors (Lipinski definition) is 3. The van der Waals surface area contributed by atoms with E-state index in [1.54, 1.807) is 36.3 Å². The zero-order chi connectivity index (χ0) is 32.7. The van der Waals surface area contributed by atoms with E-state index in [2.05, 4.69) is 36.6 Å². The van der Waals surface area contributed by atoms with Gasteiger partial charge in [-0.2, -0.15) is 23.3 Å². The van der Waals surface area contributed by atoms with E-state index in [-0.39, 0.29) is 11.6 Å². The van der Waals surface area contributed by atoms with Crippen LogP contribution < -0.4 is 14.5 Å². The van der Waals surface area contributed by atoms with E-state index in [9.17, 15) is 13.2 Å². The number of amides is 1. The Morgan fingerprint density at radius 2 is 1.87 bits per heavy atom. The summed E-state index contributed by atoms with van der Waals surface area (Å²) in [5.41, 5.74) is 5.18. The molecule has 238 valence electrons. The Hall–Kier alpha value is -4.94. The number of fused-ring (bicyclic) bond motifs is 2. The number of hydrogen-bond acceptors (Lipinski definition) is 8. The first kappa shape index (κ1) is 30.7. The van der Waals surface area contributed by atoms with Gasteiger partial charge in [-0.1, -0.05) is 42.2 Å². The van der Waals surface area contributed by atoms with Crippen LogP contribution in [0.3, 0.4) is 0 Å². The molecule has 2 atom stereocenters. The number of carbonyl (C=O) groups excluding carboxylic acids is 1. The number of anilines is 1. The average molecular weight is 666 g/mol. The fourth-order valence-corrected chi connectivity index (χ4v) is 7.33. The van der Waals surface area contributed by atoms with Crippen molar-refractivity contribution in [3.63, 3.8) is 0 Å². The largest absolute Gasteiger partial charge is 0.327 e. The molecule has 1 saturated carbocycles. The lowest BCUT2D eigenvalue weighted by molar-refractivity contribution is 0.0670. The summed E-state index contributed by atoms with van der Waals surface area (Å²) in [6.07, 6.45) is 11.6. The zero-order valence-corrected chi connectivity index (χ0v) is 27.2. The van der Waals surface area contributed by atoms with E-state index in [1.165, 1.54) is 10.7 Å². The minimum Gasteiger partial charge on any atom is -0.327 e. The van der Waals surface area contributed by atoms with Gasteiger partial charge in [-0.25, -0.2) is 9.50 Å². The number of para-hydroxylation sites is 1. The van der Waals surface area contributed by atoms with Crippen LogP contribution >= 0.6 is 12.6 Å². The van der Waals surface area contributed by atoms with Crippen LogP contribution in [0.15, 0.2) is 91.3 Å². The van der Waals surface area contributed by atoms with Crippen molar-refractivity contribution in [1.29, 1.82) is 0 Å². The first-order valence-corrected chi connectivity index (χ1v) is 17.0. The third kappa shape index (κ3) is 6.26. The number of aryl methyl sites for hydroxylation is 1. The Balaban J connectivity index is 1.35. The molecular formula is C33H31N9O3S2. The number of benzene rings is 2. The molecule has 1 amide bonds. The van der Waals surface area contributed by atoms with Crippen molar-refractivity contribution in [2.24, 2.45) is 7.05 Å². The molecule has 5 aromatic rings. The Labute approximate surface area is 277 Å². The highest BCUT2D eigenvalue weighted by Crippen LogP contribution is 2.43. The van der Waals surface area contributed by atoms with Gasteiger partial charge in [0.15, 0.2) is 5.65 Å². The molecule has 14 heteroatoms. The van der Waals surface area contributed by atoms with Gasteiger partial charge < -0.3 is 4.90 Å². The second-order valence-electron chi connectivity index (χ2n) is 11.4. The Morgan fingerprint density at radius 3 is 2.62 bits per heavy atom. The Bertz CT molecular complexity index is 2180. The molecule has 47 heavy (non-hydrogen) atoms. The maximum Gasteiger partial charge on any atom is 0.294 e. The fraction of sp³-hybridized carbons (Fsp3) is 0.212. The predicted octanol–water partition coefficient (Wildman–Crippen LogP) is 3.68. The van der Waals surface area contributed by atoms with Crippen LogP contribution in [0.5, 0.6) is 0 Å². The van der Waals surface area contributed by atoms with E-state index in [0.717, 1.165) is 45.8 Å². The van der Waals surface area contributed by atoms with Crippen LogP contribution in [0.1, 0.15) is 57.8 Å². The third-order valence-corrected chi connectivity index (χ3v) is 9.54. The van der Waals surface area contributed by atoms with Gasteiger partial charge in [0.1, 0.15) is 10.9 Å². The number of hydrazine groups is 1. The van der Waals surface area contributed by atoms with Crippen LogP contribution in [0.2, 0.25) is 0 Å². The molecule has 2 N–H and O–H groups in total. The van der Waals surface area contributed by atoms with Crippen molar-refractivity contribution in [1.82, 2.24) is 38.9 Å². The lowest BCUT2D eigenvalue weighted by atomic mass is 9.93. The number of carbonyl (C=O) groups is 1. The monoisotopic (exact) mass is 665 g/mol. The summed E-state index contributed by atoms with van der Waals surface area (Å²) in [6, 6.07) is 16.1. The number of nitrogens with one attached hydrogen (secondary N) is 2. The molecule has 7 rings (SSSR count). The van der Waals surface area contributed by atoms with Gasteiger partial charge in [0, 0.05) is 54.2 Å². The number of rotatable bonds is 8. The summed E-state index contributed by atoms with van der Waals surface area (Å²) in [5, 5.41) is 9.06. The normalized spacial score (nSPS) is 16.6. The van der Waals surface area contributed by atoms with Gasteiger partial charge in [0.05, 0.1) is 24.0 Å². The van der Waals surface area contributed by atoms with Gasteiger partial charge >= 0.3 is 0 Å². The van der Waals surface area contributed by atoms with Gasteiger partial charge in [-0.3, -0.25) is 14.5 Å². The molecule has 2 aromatic carbocycles. The maximum absolute atomic E-state index is 14.3. The molecule has 1 fully saturated rings. The van der Waals surface area contributed by atoms with Crippen molar-refractivity contribution in [3.8, 4) is 11.8 Å². The van der Waals surface area contributed by atoms with Gasteiger partial charge in [-0.15, -0.1) is 17.5 Å². The van der Waals surface area contributed by atoms with Crippen molar-refractivity contribution < 1.29 is 13.2 Å². The minimum absolute atomic E-state index is 0.144. The lowest BCUT2D eigenvalue weighted by Gasteiger charge is -2.42. The molecule has 2 aliphatic rings. The summed E-state index contributed by atoms with van der Waals surface area (Å²) >= 11 is 5.15. The fourth-order valence-electron chi connectivity index (χ4n) is 5.54. The summed E-state index contributed by atoms with van der Waals surface area (Å²) in [5.74, 6) is 5.87. The quantitative estimate of drug-likeness (QED) is 0.131. The van der Waals surface area contributed by atoms with E-state index in [1.807, 2.05) is 72.8 Å². The molecule has 4 heterocycles. The third-order valence-electron chi connectivity index (χ3n) is 7.97. The van der Waals surface area contributed by atoms with Crippen molar-refractivity contribution in [3.05, 3.63) is 119 Å². The maximum atomic E-state index is 14.3. The number of nitrogens with zero attached hydrogens (tertiary/aromatic N) is 7. The summed E-state index contributed by atoms with van der Waals surface area (Å²) in [6.45, 7) is 1.77. The lowest BCUT2D eigenvalue weighted by Crippen LogP contribution is -2.56. The molecule has 1 aliphatic heterocycles. The van der Waals surface area contributed by atoms with Crippen LogP contribution in [0.4, 0.5) is 5.69 Å². The summed E-state index contributed by atoms with van der Waals surface area (Å²) < 4.78 is 32.5. The standard InChI is InChI=1S/C33H31N9O3S2/c1-22(42(38-47(44,45)37-26-14-15-26)32(43)28-20-36-40-17-7-16-34-31(28)40)29-18-25-9-6-8-24(13-12-23-19-35-39(2)21-23)30(25)33(46)41(29)27-10-4-3-5-11-27/h3-11,16-22,26,33,37-38,46H,14-15H2,1-2H3/t22-,33-/m1/s1. The first-order chi connectivity index (χ1) is 22.7. The van der Waals surface area contributed by atoms with E-state index < -0.39 is 27.5 Å². The molecule has 0 spiro atoms. The van der Waals surface area contributed by atoms with Crippen LogP contribution in [0.25, 0.3) is 11.7 Å². The first-order valence-electron chi connectivity index (χ1n) is 15.0. The molecule has 0 saturated heterocycles. The molecular weight excluding hydrogens is 635 g/mol. The van der Waals surface area contributed by atoms with Crippen LogP contribution in [-0.4, -0.2) is 55.8 Å². The number of thiol groups is 1. The SMILES string of the molecule is C[C@H](C1=Cc2cccc(C#Cc3cnn(C)c3)c2[C@@H](S)N1c1ccccc1)N(NS(=O)(=O)NC1CC1)C(=O)c1cnn2cccnc12. The van der Waals surface area contributed by atoms with E-state index in [0.29, 0.717) is 11.3 Å².